The van der Waals surface area contributed by atoms with Gasteiger partial charge in [0.2, 0.25) is 0 Å². The quantitative estimate of drug-likeness (QED) is 0.785. The van der Waals surface area contributed by atoms with Gasteiger partial charge in [-0.2, -0.15) is 0 Å². The largest absolute Gasteiger partial charge is 0.464 e. The van der Waals surface area contributed by atoms with Crippen LogP contribution in [0.5, 0.6) is 0 Å². The van der Waals surface area contributed by atoms with E-state index in [2.05, 4.69) is 9.88 Å². The number of carbonyl (C=O) groups is 1. The van der Waals surface area contributed by atoms with Crippen LogP contribution in [0.1, 0.15) is 28.2 Å². The maximum Gasteiger partial charge on any atom is 0.357 e. The molecule has 6 heteroatoms. The van der Waals surface area contributed by atoms with Gasteiger partial charge in [0.15, 0.2) is 10.8 Å². The van der Waals surface area contributed by atoms with Crippen LogP contribution in [0.4, 0.5) is 5.13 Å². The Morgan fingerprint density at radius 1 is 1.39 bits per heavy atom. The van der Waals surface area contributed by atoms with Crippen LogP contribution in [0.2, 0.25) is 0 Å². The summed E-state index contributed by atoms with van der Waals surface area (Å²) in [5.74, 6) is -0.359. The molecule has 2 heterocycles. The molecule has 0 atom stereocenters. The minimum absolute atomic E-state index is 0.349. The molecule has 1 saturated heterocycles. The summed E-state index contributed by atoms with van der Waals surface area (Å²) >= 11 is 1.55. The number of hydrogen-bond donors (Lipinski definition) is 0. The topological polar surface area (TPSA) is 51.7 Å². The number of carbonyl (C=O) groups excluding carboxylic acids is 1. The Morgan fingerprint density at radius 3 is 2.61 bits per heavy atom. The van der Waals surface area contributed by atoms with Crippen molar-refractivity contribution in [2.75, 3.05) is 32.2 Å². The number of nitrogens with zero attached hydrogens (tertiary/aromatic N) is 2. The summed E-state index contributed by atoms with van der Waals surface area (Å²) in [5.41, 5.74) is 0.436. The molecule has 1 aromatic heterocycles. The summed E-state index contributed by atoms with van der Waals surface area (Å²) in [6.45, 7) is 3.74. The first kappa shape index (κ1) is 13.3. The molecule has 0 aliphatic carbocycles. The monoisotopic (exact) mass is 270 g/mol. The fourth-order valence-corrected chi connectivity index (χ4v) is 3.03. The minimum Gasteiger partial charge on any atom is -0.464 e. The van der Waals surface area contributed by atoms with Gasteiger partial charge in [-0.05, 0) is 19.8 Å². The second-order valence-corrected chi connectivity index (χ2v) is 5.50. The first-order chi connectivity index (χ1) is 8.65. The Bertz CT molecular complexity index is 425. The van der Waals surface area contributed by atoms with Crippen LogP contribution in [0.15, 0.2) is 0 Å². The molecular weight excluding hydrogens is 252 g/mol. The van der Waals surface area contributed by atoms with Crippen LogP contribution >= 0.6 is 11.3 Å². The van der Waals surface area contributed by atoms with Crippen molar-refractivity contribution >= 4 is 22.4 Å². The highest BCUT2D eigenvalue weighted by atomic mass is 32.1. The molecule has 0 N–H and O–H groups in total. The lowest BCUT2D eigenvalue weighted by atomic mass is 10.1. The number of hydrogen-bond acceptors (Lipinski definition) is 6. The highest BCUT2D eigenvalue weighted by Crippen LogP contribution is 2.28. The predicted octanol–water partition coefficient (Wildman–Crippen LogP) is 1.85. The van der Waals surface area contributed by atoms with Crippen LogP contribution in [-0.4, -0.2) is 44.4 Å². The van der Waals surface area contributed by atoms with E-state index in [0.29, 0.717) is 11.8 Å². The number of aromatic nitrogens is 1. The minimum atomic E-state index is -0.359. The van der Waals surface area contributed by atoms with Gasteiger partial charge in [0, 0.05) is 25.1 Å². The molecule has 5 nitrogen and oxygen atoms in total. The molecule has 0 unspecified atom stereocenters. The van der Waals surface area contributed by atoms with Crippen LogP contribution < -0.4 is 4.90 Å². The molecule has 1 aliphatic rings. The van der Waals surface area contributed by atoms with Crippen molar-refractivity contribution in [2.45, 2.75) is 25.9 Å². The molecule has 0 amide bonds. The van der Waals surface area contributed by atoms with Crippen molar-refractivity contribution in [3.05, 3.63) is 10.6 Å². The predicted molar refractivity (Wildman–Crippen MR) is 70.4 cm³/mol. The average molecular weight is 270 g/mol. The summed E-state index contributed by atoms with van der Waals surface area (Å²) in [6, 6.07) is 0. The summed E-state index contributed by atoms with van der Waals surface area (Å²) in [5, 5.41) is 0.905. The normalized spacial score (nSPS) is 16.9. The van der Waals surface area contributed by atoms with E-state index in [1.54, 1.807) is 18.4 Å². The number of thiazole rings is 1. The van der Waals surface area contributed by atoms with Gasteiger partial charge in [0.25, 0.3) is 0 Å². The zero-order chi connectivity index (χ0) is 13.1. The molecule has 0 radical (unpaired) electrons. The van der Waals surface area contributed by atoms with Crippen molar-refractivity contribution in [1.29, 1.82) is 0 Å². The van der Waals surface area contributed by atoms with E-state index in [9.17, 15) is 4.79 Å². The van der Waals surface area contributed by atoms with Crippen molar-refractivity contribution in [1.82, 2.24) is 4.98 Å². The highest BCUT2D eigenvalue weighted by molar-refractivity contribution is 7.15. The summed E-state index contributed by atoms with van der Waals surface area (Å²) in [6.07, 6.45) is 2.35. The van der Waals surface area contributed by atoms with Crippen LogP contribution in [-0.2, 0) is 9.47 Å². The number of rotatable bonds is 3. The van der Waals surface area contributed by atoms with Crippen molar-refractivity contribution < 1.29 is 14.3 Å². The van der Waals surface area contributed by atoms with Gasteiger partial charge < -0.3 is 14.4 Å². The van der Waals surface area contributed by atoms with E-state index >= 15 is 0 Å². The van der Waals surface area contributed by atoms with Gasteiger partial charge in [0.1, 0.15) is 0 Å². The number of aryl methyl sites for hydroxylation is 1. The maximum absolute atomic E-state index is 11.5. The smallest absolute Gasteiger partial charge is 0.357 e. The third kappa shape index (κ3) is 2.64. The molecule has 18 heavy (non-hydrogen) atoms. The number of piperidine rings is 1. The van der Waals surface area contributed by atoms with Crippen LogP contribution in [0.3, 0.4) is 0 Å². The third-order valence-electron chi connectivity index (χ3n) is 3.21. The fourth-order valence-electron chi connectivity index (χ4n) is 2.09. The molecule has 0 bridgehead atoms. The third-order valence-corrected chi connectivity index (χ3v) is 4.24. The molecule has 0 aromatic carbocycles. The molecule has 1 aromatic rings. The SMILES string of the molecule is COC(=O)c1nc(N2CCC(OC)CC2)sc1C. The second-order valence-electron chi connectivity index (χ2n) is 4.31. The van der Waals surface area contributed by atoms with Gasteiger partial charge in [-0.15, -0.1) is 11.3 Å². The molecule has 0 spiro atoms. The van der Waals surface area contributed by atoms with E-state index in [1.165, 1.54) is 7.11 Å². The summed E-state index contributed by atoms with van der Waals surface area (Å²) in [4.78, 5) is 19.0. The standard InChI is InChI=1S/C12H18N2O3S/c1-8-10(11(15)17-3)13-12(18-8)14-6-4-9(16-2)5-7-14/h9H,4-7H2,1-3H3. The van der Waals surface area contributed by atoms with Gasteiger partial charge in [0.05, 0.1) is 13.2 Å². The molecule has 0 saturated carbocycles. The Labute approximate surface area is 111 Å². The molecule has 1 aliphatic heterocycles. The van der Waals surface area contributed by atoms with Gasteiger partial charge >= 0.3 is 5.97 Å². The Kier molecular flexibility index (Phi) is 4.19. The molecule has 2 rings (SSSR count). The van der Waals surface area contributed by atoms with Crippen LogP contribution in [0, 0.1) is 6.92 Å². The van der Waals surface area contributed by atoms with E-state index in [-0.39, 0.29) is 5.97 Å². The van der Waals surface area contributed by atoms with Gasteiger partial charge in [-0.1, -0.05) is 0 Å². The lowest BCUT2D eigenvalue weighted by molar-refractivity contribution is 0.0594. The zero-order valence-corrected chi connectivity index (χ0v) is 11.7. The van der Waals surface area contributed by atoms with Gasteiger partial charge in [-0.25, -0.2) is 9.78 Å². The van der Waals surface area contributed by atoms with Crippen molar-refractivity contribution in [3.8, 4) is 0 Å². The van der Waals surface area contributed by atoms with E-state index in [4.69, 9.17) is 9.47 Å². The van der Waals surface area contributed by atoms with E-state index in [1.807, 2.05) is 6.92 Å². The van der Waals surface area contributed by atoms with Gasteiger partial charge in [-0.3, -0.25) is 0 Å². The number of esters is 1. The van der Waals surface area contributed by atoms with Crippen LogP contribution in [0.25, 0.3) is 0 Å². The second kappa shape index (κ2) is 5.67. The average Bonchev–Trinajstić information content (AvgIpc) is 2.80. The molecule has 1 fully saturated rings. The first-order valence-corrected chi connectivity index (χ1v) is 6.80. The maximum atomic E-state index is 11.5. The van der Waals surface area contributed by atoms with E-state index in [0.717, 1.165) is 35.9 Å². The molecular formula is C12H18N2O3S. The number of ether oxygens (including phenoxy) is 2. The van der Waals surface area contributed by atoms with Crippen molar-refractivity contribution in [3.63, 3.8) is 0 Å². The summed E-state index contributed by atoms with van der Waals surface area (Å²) in [7, 11) is 3.13. The van der Waals surface area contributed by atoms with E-state index < -0.39 is 0 Å². The Balaban J connectivity index is 2.08. The highest BCUT2D eigenvalue weighted by Gasteiger charge is 2.23. The summed E-state index contributed by atoms with van der Waals surface area (Å²) < 4.78 is 10.1. The fraction of sp³-hybridized carbons (Fsp3) is 0.667. The number of anilines is 1. The Hall–Kier alpha value is -1.14. The van der Waals surface area contributed by atoms with Crippen molar-refractivity contribution in [2.24, 2.45) is 0 Å². The lowest BCUT2D eigenvalue weighted by Crippen LogP contribution is -2.36. The molecule has 100 valence electrons. The first-order valence-electron chi connectivity index (χ1n) is 5.99. The number of methoxy groups -OCH3 is 2. The zero-order valence-electron chi connectivity index (χ0n) is 10.9. The lowest BCUT2D eigenvalue weighted by Gasteiger charge is -2.30. The Morgan fingerprint density at radius 2 is 2.06 bits per heavy atom.